The molecule has 6 nitrogen and oxygen atoms in total. The number of nitrogens with two attached hydrogens (primary N) is 1. The van der Waals surface area contributed by atoms with Gasteiger partial charge in [0.1, 0.15) is 28.5 Å². The predicted molar refractivity (Wildman–Crippen MR) is 94.1 cm³/mol. The van der Waals surface area contributed by atoms with E-state index in [4.69, 9.17) is 15.2 Å². The molecule has 3 N–H and O–H groups in total. The molecule has 0 aliphatic carbocycles. The topological polar surface area (TPSA) is 96.6 Å². The van der Waals surface area contributed by atoms with Crippen LogP contribution in [0.1, 0.15) is 51.8 Å². The standard InChI is InChI=1S/C17H25FN2O4S/c1-10(20-25(22)16(2,3)4)13-7-12(18)6-11-8-17(5,24-14(11)13)9-23-15(19)21/h6-7,10,20H,8-9H2,1-5H3,(H2,19,21)/t10?,17-,25?/m1/s1. The summed E-state index contributed by atoms with van der Waals surface area (Å²) in [6.45, 7) is 9.10. The molecule has 8 heteroatoms. The fraction of sp³-hybridized carbons (Fsp3) is 0.588. The quantitative estimate of drug-likeness (QED) is 0.775. The monoisotopic (exact) mass is 372 g/mol. The number of carbonyl (C=O) groups excluding carboxylic acids is 1. The third-order valence-corrected chi connectivity index (χ3v) is 5.58. The van der Waals surface area contributed by atoms with Gasteiger partial charge >= 0.3 is 6.09 Å². The van der Waals surface area contributed by atoms with Crippen LogP contribution in [0.25, 0.3) is 0 Å². The van der Waals surface area contributed by atoms with Crippen molar-refractivity contribution in [3.8, 4) is 5.75 Å². The molecule has 0 fully saturated rings. The Labute approximate surface area is 150 Å². The highest BCUT2D eigenvalue weighted by Crippen LogP contribution is 2.41. The van der Waals surface area contributed by atoms with Crippen LogP contribution in [0, 0.1) is 5.82 Å². The van der Waals surface area contributed by atoms with Crippen molar-refractivity contribution in [2.75, 3.05) is 6.61 Å². The zero-order chi connectivity index (χ0) is 19.0. The average Bonchev–Trinajstić information content (AvgIpc) is 2.80. The van der Waals surface area contributed by atoms with Gasteiger partial charge in [0, 0.05) is 28.9 Å². The van der Waals surface area contributed by atoms with Crippen LogP contribution in [0.3, 0.4) is 0 Å². The van der Waals surface area contributed by atoms with E-state index in [9.17, 15) is 13.7 Å². The number of primary amides is 1. The number of ether oxygens (including phenoxy) is 2. The molecule has 0 radical (unpaired) electrons. The highest BCUT2D eigenvalue weighted by Gasteiger charge is 2.39. The van der Waals surface area contributed by atoms with Crippen LogP contribution in [-0.4, -0.2) is 27.6 Å². The number of halogens is 1. The lowest BCUT2D eigenvalue weighted by atomic mass is 9.98. The molecule has 1 aromatic rings. The summed E-state index contributed by atoms with van der Waals surface area (Å²) < 4.78 is 39.8. The van der Waals surface area contributed by atoms with Crippen LogP contribution in [0.4, 0.5) is 9.18 Å². The van der Waals surface area contributed by atoms with Crippen molar-refractivity contribution in [3.63, 3.8) is 0 Å². The van der Waals surface area contributed by atoms with Crippen molar-refractivity contribution < 1.29 is 23.2 Å². The molecule has 0 saturated carbocycles. The van der Waals surface area contributed by atoms with Crippen molar-refractivity contribution in [2.45, 2.75) is 57.4 Å². The van der Waals surface area contributed by atoms with Gasteiger partial charge in [0.05, 0.1) is 6.04 Å². The molecule has 1 aliphatic heterocycles. The first-order valence-corrected chi connectivity index (χ1v) is 9.18. The molecule has 0 spiro atoms. The minimum atomic E-state index is -1.31. The van der Waals surface area contributed by atoms with Crippen molar-refractivity contribution in [1.82, 2.24) is 4.72 Å². The Bertz CT molecular complexity index is 665. The van der Waals surface area contributed by atoms with Gasteiger partial charge in [-0.25, -0.2) is 9.18 Å². The second kappa shape index (κ2) is 7.01. The van der Waals surface area contributed by atoms with Gasteiger partial charge in [-0.15, -0.1) is 4.72 Å². The first-order chi connectivity index (χ1) is 11.4. The van der Waals surface area contributed by atoms with Crippen molar-refractivity contribution in [1.29, 1.82) is 0 Å². The van der Waals surface area contributed by atoms with E-state index in [0.717, 1.165) is 0 Å². The molecular weight excluding hydrogens is 347 g/mol. The molecule has 2 unspecified atom stereocenters. The second-order valence-electron chi connectivity index (χ2n) is 7.54. The number of nitrogens with one attached hydrogen (secondary N) is 1. The van der Waals surface area contributed by atoms with E-state index in [0.29, 0.717) is 23.3 Å². The Kier molecular flexibility index (Phi) is 5.56. The number of hydrogen-bond acceptors (Lipinski definition) is 5. The molecular formula is C17H25FN2O4S. The zero-order valence-corrected chi connectivity index (χ0v) is 16.0. The summed E-state index contributed by atoms with van der Waals surface area (Å²) in [4.78, 5) is 10.9. The van der Waals surface area contributed by atoms with Gasteiger partial charge in [-0.2, -0.15) is 0 Å². The van der Waals surface area contributed by atoms with Crippen molar-refractivity contribution in [3.05, 3.63) is 29.1 Å². The fourth-order valence-electron chi connectivity index (χ4n) is 2.64. The summed E-state index contributed by atoms with van der Waals surface area (Å²) in [6, 6.07) is 2.39. The molecule has 2 rings (SSSR count). The Morgan fingerprint density at radius 1 is 1.56 bits per heavy atom. The molecule has 1 heterocycles. The molecule has 0 bridgehead atoms. The van der Waals surface area contributed by atoms with E-state index < -0.39 is 33.6 Å². The fourth-order valence-corrected chi connectivity index (χ4v) is 3.44. The van der Waals surface area contributed by atoms with Gasteiger partial charge in [-0.3, -0.25) is 0 Å². The third-order valence-electron chi connectivity index (χ3n) is 3.90. The molecule has 1 amide bonds. The minimum absolute atomic E-state index is 0.0339. The number of amides is 1. The van der Waals surface area contributed by atoms with Gasteiger partial charge in [-0.1, -0.05) is 0 Å². The lowest BCUT2D eigenvalue weighted by Gasteiger charge is -2.28. The van der Waals surface area contributed by atoms with E-state index in [-0.39, 0.29) is 12.6 Å². The number of carbonyl (C=O) groups is 1. The van der Waals surface area contributed by atoms with Gasteiger partial charge in [0.2, 0.25) is 0 Å². The maximum atomic E-state index is 14.1. The molecule has 0 saturated heterocycles. The Morgan fingerprint density at radius 3 is 2.76 bits per heavy atom. The summed E-state index contributed by atoms with van der Waals surface area (Å²) in [5.74, 6) is 0.135. The SMILES string of the molecule is CC(N[S+]([O-])C(C)(C)C)c1cc(F)cc2c1O[C@@](C)(COC(N)=O)C2. The molecule has 140 valence electrons. The van der Waals surface area contributed by atoms with Gasteiger partial charge < -0.3 is 19.8 Å². The smallest absolute Gasteiger partial charge is 0.404 e. The Hall–Kier alpha value is -1.51. The highest BCUT2D eigenvalue weighted by molar-refractivity contribution is 7.90. The Balaban J connectivity index is 2.25. The lowest BCUT2D eigenvalue weighted by molar-refractivity contribution is 0.0313. The minimum Gasteiger partial charge on any atom is -0.598 e. The first-order valence-electron chi connectivity index (χ1n) is 8.03. The Morgan fingerprint density at radius 2 is 2.20 bits per heavy atom. The average molecular weight is 372 g/mol. The summed E-state index contributed by atoms with van der Waals surface area (Å²) in [6.07, 6.45) is -0.502. The second-order valence-corrected chi connectivity index (χ2v) is 9.54. The van der Waals surface area contributed by atoms with Crippen LogP contribution < -0.4 is 15.2 Å². The van der Waals surface area contributed by atoms with E-state index in [1.54, 1.807) is 13.8 Å². The molecule has 1 aromatic carbocycles. The van der Waals surface area contributed by atoms with E-state index >= 15 is 0 Å². The third kappa shape index (κ3) is 4.77. The van der Waals surface area contributed by atoms with Crippen molar-refractivity contribution in [2.24, 2.45) is 5.73 Å². The molecule has 3 atom stereocenters. The van der Waals surface area contributed by atoms with Gasteiger partial charge in [0.15, 0.2) is 0 Å². The number of benzene rings is 1. The van der Waals surface area contributed by atoms with E-state index in [1.807, 2.05) is 20.8 Å². The highest BCUT2D eigenvalue weighted by atomic mass is 32.2. The van der Waals surface area contributed by atoms with Crippen LogP contribution in [0.5, 0.6) is 5.75 Å². The number of hydrogen-bond donors (Lipinski definition) is 2. The molecule has 0 aromatic heterocycles. The van der Waals surface area contributed by atoms with E-state index in [1.165, 1.54) is 12.1 Å². The maximum absolute atomic E-state index is 14.1. The summed E-state index contributed by atoms with van der Waals surface area (Å²) in [5.41, 5.74) is 5.46. The lowest BCUT2D eigenvalue weighted by Crippen LogP contribution is -2.41. The predicted octanol–water partition coefficient (Wildman–Crippen LogP) is 2.73. The summed E-state index contributed by atoms with van der Waals surface area (Å²) >= 11 is -1.31. The van der Waals surface area contributed by atoms with Crippen LogP contribution in [-0.2, 0) is 22.5 Å². The number of fused-ring (bicyclic) bond motifs is 1. The number of rotatable bonds is 5. The molecule has 1 aliphatic rings. The first kappa shape index (κ1) is 19.8. The van der Waals surface area contributed by atoms with Gasteiger partial charge in [-0.05, 0) is 46.8 Å². The van der Waals surface area contributed by atoms with E-state index in [2.05, 4.69) is 4.72 Å². The van der Waals surface area contributed by atoms with Gasteiger partial charge in [0.25, 0.3) is 0 Å². The largest absolute Gasteiger partial charge is 0.598 e. The normalized spacial score (nSPS) is 22.0. The van der Waals surface area contributed by atoms with Crippen LogP contribution in [0.15, 0.2) is 12.1 Å². The van der Waals surface area contributed by atoms with Crippen LogP contribution >= 0.6 is 0 Å². The summed E-state index contributed by atoms with van der Waals surface area (Å²) in [5, 5.41) is 0. The molecule has 25 heavy (non-hydrogen) atoms. The summed E-state index contributed by atoms with van der Waals surface area (Å²) in [7, 11) is 0. The zero-order valence-electron chi connectivity index (χ0n) is 15.1. The van der Waals surface area contributed by atoms with Crippen molar-refractivity contribution >= 4 is 17.5 Å². The van der Waals surface area contributed by atoms with Crippen LogP contribution in [0.2, 0.25) is 0 Å². The maximum Gasteiger partial charge on any atom is 0.404 e.